The average molecular weight is 289 g/mol. The van der Waals surface area contributed by atoms with E-state index in [1.165, 1.54) is 12.8 Å². The van der Waals surface area contributed by atoms with Crippen LogP contribution in [0.3, 0.4) is 0 Å². The van der Waals surface area contributed by atoms with Crippen molar-refractivity contribution in [2.24, 2.45) is 5.92 Å². The maximum atomic E-state index is 5.72. The molecule has 1 rings (SSSR count). The summed E-state index contributed by atoms with van der Waals surface area (Å²) >= 11 is 0. The zero-order valence-electron chi connectivity index (χ0n) is 15.4. The summed E-state index contributed by atoms with van der Waals surface area (Å²) in [7, 11) is 4.34. The van der Waals surface area contributed by atoms with Crippen molar-refractivity contribution >= 4 is 0 Å². The topological polar surface area (TPSA) is 15.7 Å². The Hall–Kier alpha value is -0.120. The molecule has 0 aromatic carbocycles. The Morgan fingerprint density at radius 1 is 1.20 bits per heavy atom. The van der Waals surface area contributed by atoms with Crippen LogP contribution in [0, 0.1) is 5.92 Å². The predicted octanol–water partition coefficient (Wildman–Crippen LogP) is 3.74. The number of likely N-dealkylation sites (N-methyl/N-ethyl adjacent to an activating group) is 2. The van der Waals surface area contributed by atoms with Crippen LogP contribution in [0.5, 0.6) is 0 Å². The van der Waals surface area contributed by atoms with Crippen LogP contribution in [-0.4, -0.2) is 62.8 Å². The van der Waals surface area contributed by atoms with E-state index >= 15 is 0 Å². The molecule has 1 aliphatic rings. The van der Waals surface area contributed by atoms with E-state index in [4.69, 9.17) is 4.74 Å². The molecule has 0 spiro atoms. The number of hydrogen-bond donors (Lipinski definition) is 0. The van der Waals surface area contributed by atoms with Gasteiger partial charge in [-0.1, -0.05) is 54.4 Å². The highest BCUT2D eigenvalue weighted by Crippen LogP contribution is 2.05. The van der Waals surface area contributed by atoms with Crippen molar-refractivity contribution in [3.63, 3.8) is 0 Å². The van der Waals surface area contributed by atoms with Crippen LogP contribution in [0.15, 0.2) is 0 Å². The van der Waals surface area contributed by atoms with E-state index in [1.54, 1.807) is 0 Å². The van der Waals surface area contributed by atoms with E-state index in [0.29, 0.717) is 6.10 Å². The molecule has 3 heteroatoms. The summed E-state index contributed by atoms with van der Waals surface area (Å²) in [4.78, 5) is 4.71. The summed E-state index contributed by atoms with van der Waals surface area (Å²) in [6.07, 6.45) is 3.04. The third kappa shape index (κ3) is 14.3. The Kier molecular flexibility index (Phi) is 16.9. The fourth-order valence-electron chi connectivity index (χ4n) is 2.02. The molecule has 1 saturated heterocycles. The molecule has 0 aromatic rings. The van der Waals surface area contributed by atoms with E-state index in [2.05, 4.69) is 51.6 Å². The van der Waals surface area contributed by atoms with Crippen molar-refractivity contribution in [2.45, 2.75) is 60.5 Å². The highest BCUT2D eigenvalue weighted by atomic mass is 16.5. The first-order valence-electron chi connectivity index (χ1n) is 8.48. The third-order valence-electron chi connectivity index (χ3n) is 3.03. The minimum absolute atomic E-state index is 0.400. The lowest BCUT2D eigenvalue weighted by Gasteiger charge is -2.33. The van der Waals surface area contributed by atoms with Gasteiger partial charge in [0.05, 0.1) is 12.7 Å². The number of morpholine rings is 1. The van der Waals surface area contributed by atoms with E-state index in [-0.39, 0.29) is 0 Å². The average Bonchev–Trinajstić information content (AvgIpc) is 2.40. The fourth-order valence-corrected chi connectivity index (χ4v) is 2.02. The summed E-state index contributed by atoms with van der Waals surface area (Å²) in [5.41, 5.74) is 0. The Bertz CT molecular complexity index is 184. The van der Waals surface area contributed by atoms with Crippen LogP contribution in [-0.2, 0) is 4.74 Å². The van der Waals surface area contributed by atoms with Gasteiger partial charge in [0.1, 0.15) is 0 Å². The van der Waals surface area contributed by atoms with Gasteiger partial charge in [0.2, 0.25) is 0 Å². The lowest BCUT2D eigenvalue weighted by Crippen LogP contribution is -2.45. The molecule has 0 aromatic heterocycles. The van der Waals surface area contributed by atoms with Gasteiger partial charge < -0.3 is 14.5 Å². The van der Waals surface area contributed by atoms with Crippen LogP contribution in [0.2, 0.25) is 0 Å². The number of rotatable bonds is 5. The first-order valence-corrected chi connectivity index (χ1v) is 8.48. The number of nitrogens with zero attached hydrogens (tertiary/aromatic N) is 2. The second-order valence-corrected chi connectivity index (χ2v) is 5.87. The maximum absolute atomic E-state index is 5.72. The van der Waals surface area contributed by atoms with E-state index in [9.17, 15) is 0 Å². The number of unbranched alkanes of at least 4 members (excludes halogenated alkanes) is 1. The fraction of sp³-hybridized carbons (Fsp3) is 1.00. The summed E-state index contributed by atoms with van der Waals surface area (Å²) in [6.45, 7) is 18.1. The van der Waals surface area contributed by atoms with Crippen LogP contribution in [0.4, 0.5) is 0 Å². The molecule has 20 heavy (non-hydrogen) atoms. The van der Waals surface area contributed by atoms with E-state index in [0.717, 1.165) is 38.7 Å². The molecule has 1 atom stereocenters. The minimum atomic E-state index is 0.400. The molecule has 1 unspecified atom stereocenters. The highest BCUT2D eigenvalue weighted by Gasteiger charge is 2.19. The van der Waals surface area contributed by atoms with Gasteiger partial charge >= 0.3 is 0 Å². The van der Waals surface area contributed by atoms with Gasteiger partial charge in [-0.2, -0.15) is 0 Å². The van der Waals surface area contributed by atoms with Crippen LogP contribution in [0.25, 0.3) is 0 Å². The zero-order chi connectivity index (χ0) is 16.0. The third-order valence-corrected chi connectivity index (χ3v) is 3.03. The molecule has 0 N–H and O–H groups in total. The summed E-state index contributed by atoms with van der Waals surface area (Å²) in [5.74, 6) is 0.737. The lowest BCUT2D eigenvalue weighted by molar-refractivity contribution is -0.0334. The Balaban J connectivity index is 0. The molecule has 1 fully saturated rings. The van der Waals surface area contributed by atoms with Crippen LogP contribution < -0.4 is 0 Å². The smallest absolute Gasteiger partial charge is 0.0829 e. The minimum Gasteiger partial charge on any atom is -0.374 e. The Morgan fingerprint density at radius 3 is 2.15 bits per heavy atom. The second kappa shape index (κ2) is 15.3. The largest absolute Gasteiger partial charge is 0.374 e. The van der Waals surface area contributed by atoms with Gasteiger partial charge in [0, 0.05) is 26.2 Å². The van der Waals surface area contributed by atoms with Crippen molar-refractivity contribution < 1.29 is 4.74 Å². The monoisotopic (exact) mass is 288 g/mol. The molecule has 0 bridgehead atoms. The highest BCUT2D eigenvalue weighted by molar-refractivity contribution is 4.72. The quantitative estimate of drug-likeness (QED) is 0.766. The SMILES string of the molecule is CC.CC(C)CN(C)CC1CN(C)CCO1.CCCC. The molecule has 0 aliphatic carbocycles. The maximum Gasteiger partial charge on any atom is 0.0829 e. The zero-order valence-corrected chi connectivity index (χ0v) is 15.4. The molecule has 1 aliphatic heterocycles. The summed E-state index contributed by atoms with van der Waals surface area (Å²) in [5, 5.41) is 0. The van der Waals surface area contributed by atoms with Crippen LogP contribution >= 0.6 is 0 Å². The molecule has 0 amide bonds. The van der Waals surface area contributed by atoms with Crippen molar-refractivity contribution in [3.05, 3.63) is 0 Å². The van der Waals surface area contributed by atoms with Gasteiger partial charge in [0.25, 0.3) is 0 Å². The molecular formula is C17H40N2O. The summed E-state index contributed by atoms with van der Waals surface area (Å²) < 4.78 is 5.72. The Morgan fingerprint density at radius 2 is 1.75 bits per heavy atom. The lowest BCUT2D eigenvalue weighted by atomic mass is 10.2. The first-order chi connectivity index (χ1) is 9.49. The van der Waals surface area contributed by atoms with Gasteiger partial charge in [0.15, 0.2) is 0 Å². The van der Waals surface area contributed by atoms with Crippen molar-refractivity contribution in [3.8, 4) is 0 Å². The van der Waals surface area contributed by atoms with Gasteiger partial charge in [-0.05, 0) is 20.0 Å². The predicted molar refractivity (Wildman–Crippen MR) is 91.5 cm³/mol. The number of hydrogen-bond acceptors (Lipinski definition) is 3. The van der Waals surface area contributed by atoms with Gasteiger partial charge in [-0.15, -0.1) is 0 Å². The molecule has 124 valence electrons. The van der Waals surface area contributed by atoms with E-state index < -0.39 is 0 Å². The Labute approximate surface area is 128 Å². The standard InChI is InChI=1S/C11H24N2O.C4H10.C2H6/c1-10(2)7-13(4)9-11-8-12(3)5-6-14-11;1-3-4-2;1-2/h10-11H,5-9H2,1-4H3;3-4H2,1-2H3;1-2H3. The second-order valence-electron chi connectivity index (χ2n) is 5.87. The molecular weight excluding hydrogens is 248 g/mol. The molecule has 0 radical (unpaired) electrons. The van der Waals surface area contributed by atoms with Crippen LogP contribution in [0.1, 0.15) is 54.4 Å². The first kappa shape index (κ1) is 22.2. The molecule has 3 nitrogen and oxygen atoms in total. The molecule has 1 heterocycles. The van der Waals surface area contributed by atoms with Crippen molar-refractivity contribution in [1.82, 2.24) is 9.80 Å². The number of ether oxygens (including phenoxy) is 1. The normalized spacial score (nSPS) is 19.2. The summed E-state index contributed by atoms with van der Waals surface area (Å²) in [6, 6.07) is 0. The van der Waals surface area contributed by atoms with E-state index in [1.807, 2.05) is 13.8 Å². The molecule has 0 saturated carbocycles. The van der Waals surface area contributed by atoms with Crippen molar-refractivity contribution in [2.75, 3.05) is 46.9 Å². The van der Waals surface area contributed by atoms with Gasteiger partial charge in [-0.3, -0.25) is 0 Å². The van der Waals surface area contributed by atoms with Crippen molar-refractivity contribution in [1.29, 1.82) is 0 Å². The van der Waals surface area contributed by atoms with Gasteiger partial charge in [-0.25, -0.2) is 0 Å².